The first kappa shape index (κ1) is 19.6. The largest absolute Gasteiger partial charge is 0.490 e. The van der Waals surface area contributed by atoms with Crippen molar-refractivity contribution in [1.29, 1.82) is 5.26 Å². The average Bonchev–Trinajstić information content (AvgIpc) is 2.59. The lowest BCUT2D eigenvalue weighted by molar-refractivity contribution is 0.0795. The van der Waals surface area contributed by atoms with E-state index in [0.717, 1.165) is 49.5 Å². The molecule has 1 aromatic carbocycles. The molecule has 0 aliphatic carbocycles. The maximum absolute atomic E-state index is 9.80. The highest BCUT2D eigenvalue weighted by Gasteiger charge is 2.29. The van der Waals surface area contributed by atoms with Crippen LogP contribution in [0.2, 0.25) is 0 Å². The van der Waals surface area contributed by atoms with Crippen LogP contribution >= 0.6 is 0 Å². The number of hydrogen-bond donors (Lipinski definition) is 0. The Hall–Kier alpha value is -1.77. The van der Waals surface area contributed by atoms with Crippen LogP contribution in [0.1, 0.15) is 45.2 Å². The molecule has 2 unspecified atom stereocenters. The van der Waals surface area contributed by atoms with Crippen molar-refractivity contribution >= 4 is 0 Å². The van der Waals surface area contributed by atoms with Crippen molar-refractivity contribution in [3.8, 4) is 17.6 Å². The highest BCUT2D eigenvalue weighted by molar-refractivity contribution is 5.45. The van der Waals surface area contributed by atoms with E-state index in [1.54, 1.807) is 0 Å². The Morgan fingerprint density at radius 3 is 2.68 bits per heavy atom. The molecule has 2 atom stereocenters. The number of likely N-dealkylation sites (N-methyl/N-ethyl adjacent to an activating group) is 1. The second-order valence-corrected chi connectivity index (χ2v) is 6.72. The summed E-state index contributed by atoms with van der Waals surface area (Å²) in [6.07, 6.45) is 2.12. The smallest absolute Gasteiger partial charge is 0.161 e. The van der Waals surface area contributed by atoms with E-state index < -0.39 is 0 Å². The molecule has 1 aromatic rings. The van der Waals surface area contributed by atoms with Crippen LogP contribution in [0.15, 0.2) is 18.2 Å². The maximum Gasteiger partial charge on any atom is 0.161 e. The van der Waals surface area contributed by atoms with E-state index >= 15 is 0 Å². The molecule has 0 spiro atoms. The Morgan fingerprint density at radius 1 is 1.24 bits per heavy atom. The van der Waals surface area contributed by atoms with E-state index in [-0.39, 0.29) is 6.04 Å². The zero-order valence-electron chi connectivity index (χ0n) is 16.0. The van der Waals surface area contributed by atoms with Crippen LogP contribution in [0.5, 0.6) is 11.5 Å². The minimum absolute atomic E-state index is 0.257. The fourth-order valence-corrected chi connectivity index (χ4v) is 3.29. The molecule has 138 valence electrons. The summed E-state index contributed by atoms with van der Waals surface area (Å²) in [5.41, 5.74) is 0.977. The lowest BCUT2D eigenvalue weighted by atomic mass is 10.0. The standard InChI is InChI=1S/C20H31N3O2/c1-5-7-12-25-19-9-8-17(13-20(19)24-6-2)18(14-21)23-11-10-22(4)15-16(23)3/h8-9,13,16,18H,5-7,10-12,15H2,1-4H3. The van der Waals surface area contributed by atoms with E-state index in [4.69, 9.17) is 9.47 Å². The van der Waals surface area contributed by atoms with Crippen LogP contribution in [-0.4, -0.2) is 55.7 Å². The molecule has 5 heteroatoms. The lowest BCUT2D eigenvalue weighted by Gasteiger charge is -2.40. The molecule has 0 amide bonds. The van der Waals surface area contributed by atoms with Crippen LogP contribution in [0.4, 0.5) is 0 Å². The highest BCUT2D eigenvalue weighted by Crippen LogP contribution is 2.33. The SMILES string of the molecule is CCCCOc1ccc(C(C#N)N2CCN(C)CC2C)cc1OCC. The predicted molar refractivity (Wildman–Crippen MR) is 100 cm³/mol. The third-order valence-corrected chi connectivity index (χ3v) is 4.67. The second-order valence-electron chi connectivity index (χ2n) is 6.72. The molecule has 25 heavy (non-hydrogen) atoms. The van der Waals surface area contributed by atoms with Gasteiger partial charge in [-0.05, 0) is 45.0 Å². The van der Waals surface area contributed by atoms with E-state index in [2.05, 4.69) is 36.8 Å². The Bertz CT molecular complexity index is 585. The third kappa shape index (κ3) is 5.10. The first-order valence-electron chi connectivity index (χ1n) is 9.34. The average molecular weight is 345 g/mol. The molecule has 1 heterocycles. The van der Waals surface area contributed by atoms with Crippen molar-refractivity contribution in [3.05, 3.63) is 23.8 Å². The molecule has 1 aliphatic rings. The van der Waals surface area contributed by atoms with Crippen LogP contribution in [0, 0.1) is 11.3 Å². The normalized spacial score (nSPS) is 20.0. The Labute approximate surface area is 152 Å². The summed E-state index contributed by atoms with van der Waals surface area (Å²) in [6, 6.07) is 8.50. The summed E-state index contributed by atoms with van der Waals surface area (Å²) in [6.45, 7) is 10.4. The molecule has 0 radical (unpaired) electrons. The van der Waals surface area contributed by atoms with Crippen LogP contribution in [0.25, 0.3) is 0 Å². The number of hydrogen-bond acceptors (Lipinski definition) is 5. The van der Waals surface area contributed by atoms with Crippen LogP contribution < -0.4 is 9.47 Å². The van der Waals surface area contributed by atoms with Crippen molar-refractivity contribution in [2.75, 3.05) is 39.9 Å². The highest BCUT2D eigenvalue weighted by atomic mass is 16.5. The summed E-state index contributed by atoms with van der Waals surface area (Å²) in [5.74, 6) is 1.50. The molecular weight excluding hydrogens is 314 g/mol. The lowest BCUT2D eigenvalue weighted by Crippen LogP contribution is -2.51. The van der Waals surface area contributed by atoms with Crippen molar-refractivity contribution in [3.63, 3.8) is 0 Å². The number of benzene rings is 1. The molecule has 1 fully saturated rings. The summed E-state index contributed by atoms with van der Waals surface area (Å²) in [5, 5.41) is 9.80. The minimum atomic E-state index is -0.257. The van der Waals surface area contributed by atoms with Crippen molar-refractivity contribution in [2.45, 2.75) is 45.7 Å². The van der Waals surface area contributed by atoms with Gasteiger partial charge in [-0.3, -0.25) is 4.90 Å². The number of piperazine rings is 1. The van der Waals surface area contributed by atoms with Gasteiger partial charge in [0, 0.05) is 25.7 Å². The summed E-state index contributed by atoms with van der Waals surface area (Å²) in [4.78, 5) is 4.59. The van der Waals surface area contributed by atoms with Gasteiger partial charge in [0.2, 0.25) is 0 Å². The van der Waals surface area contributed by atoms with E-state index in [0.29, 0.717) is 19.3 Å². The Balaban J connectivity index is 2.21. The van der Waals surface area contributed by atoms with E-state index in [1.165, 1.54) is 0 Å². The topological polar surface area (TPSA) is 48.7 Å². The summed E-state index contributed by atoms with van der Waals surface area (Å²) < 4.78 is 11.6. The molecule has 1 saturated heterocycles. The number of nitriles is 1. The molecular formula is C20H31N3O2. The van der Waals surface area contributed by atoms with Gasteiger partial charge >= 0.3 is 0 Å². The van der Waals surface area contributed by atoms with Crippen molar-refractivity contribution in [2.24, 2.45) is 0 Å². The molecule has 0 aromatic heterocycles. The van der Waals surface area contributed by atoms with Crippen LogP contribution in [-0.2, 0) is 0 Å². The number of unbranched alkanes of at least 4 members (excludes halogenated alkanes) is 1. The zero-order valence-corrected chi connectivity index (χ0v) is 16.0. The van der Waals surface area contributed by atoms with Gasteiger partial charge in [-0.15, -0.1) is 0 Å². The Kier molecular flexibility index (Phi) is 7.54. The van der Waals surface area contributed by atoms with Gasteiger partial charge in [0.15, 0.2) is 11.5 Å². The number of rotatable bonds is 8. The molecule has 0 N–H and O–H groups in total. The van der Waals surface area contributed by atoms with Gasteiger partial charge in [-0.2, -0.15) is 5.26 Å². The molecule has 0 bridgehead atoms. The number of ether oxygens (including phenoxy) is 2. The van der Waals surface area contributed by atoms with Crippen molar-refractivity contribution < 1.29 is 9.47 Å². The van der Waals surface area contributed by atoms with Gasteiger partial charge in [-0.1, -0.05) is 19.4 Å². The van der Waals surface area contributed by atoms with Crippen LogP contribution in [0.3, 0.4) is 0 Å². The second kappa shape index (κ2) is 9.65. The zero-order chi connectivity index (χ0) is 18.2. The predicted octanol–water partition coefficient (Wildman–Crippen LogP) is 3.46. The molecule has 0 saturated carbocycles. The Morgan fingerprint density at radius 2 is 2.04 bits per heavy atom. The monoisotopic (exact) mass is 345 g/mol. The molecule has 1 aliphatic heterocycles. The first-order chi connectivity index (χ1) is 12.1. The van der Waals surface area contributed by atoms with Crippen molar-refractivity contribution in [1.82, 2.24) is 9.80 Å². The van der Waals surface area contributed by atoms with E-state index in [9.17, 15) is 5.26 Å². The quantitative estimate of drug-likeness (QED) is 0.675. The number of nitrogens with zero attached hydrogens (tertiary/aromatic N) is 3. The van der Waals surface area contributed by atoms with Gasteiger partial charge in [0.25, 0.3) is 0 Å². The van der Waals surface area contributed by atoms with Gasteiger partial charge < -0.3 is 14.4 Å². The summed E-state index contributed by atoms with van der Waals surface area (Å²) >= 11 is 0. The van der Waals surface area contributed by atoms with Gasteiger partial charge in [-0.25, -0.2) is 0 Å². The molecule has 5 nitrogen and oxygen atoms in total. The van der Waals surface area contributed by atoms with Gasteiger partial charge in [0.1, 0.15) is 6.04 Å². The fourth-order valence-electron chi connectivity index (χ4n) is 3.29. The third-order valence-electron chi connectivity index (χ3n) is 4.67. The van der Waals surface area contributed by atoms with E-state index in [1.807, 2.05) is 25.1 Å². The fraction of sp³-hybridized carbons (Fsp3) is 0.650. The minimum Gasteiger partial charge on any atom is -0.490 e. The first-order valence-corrected chi connectivity index (χ1v) is 9.34. The summed E-state index contributed by atoms with van der Waals surface area (Å²) in [7, 11) is 2.13. The van der Waals surface area contributed by atoms with Gasteiger partial charge in [0.05, 0.1) is 19.3 Å². The maximum atomic E-state index is 9.80. The molecule has 2 rings (SSSR count).